The lowest BCUT2D eigenvalue weighted by molar-refractivity contribution is -0.166. The van der Waals surface area contributed by atoms with Gasteiger partial charge in [0.05, 0.1) is 25.9 Å². The monoisotopic (exact) mass is 563 g/mol. The molecule has 226 valence electrons. The molecular formula is C36H53NO4. The van der Waals surface area contributed by atoms with Crippen LogP contribution in [-0.2, 0) is 15.9 Å². The van der Waals surface area contributed by atoms with Gasteiger partial charge in [-0.1, -0.05) is 43.0 Å². The van der Waals surface area contributed by atoms with E-state index >= 15 is 0 Å². The number of fused-ring (bicyclic) bond motifs is 4. The third kappa shape index (κ3) is 5.54. The molecule has 1 aromatic carbocycles. The summed E-state index contributed by atoms with van der Waals surface area (Å²) in [7, 11) is 0. The van der Waals surface area contributed by atoms with E-state index in [1.165, 1.54) is 56.9 Å². The maximum atomic E-state index is 11.4. The normalized spacial score (nSPS) is 35.4. The molecule has 3 saturated carbocycles. The Morgan fingerprint density at radius 2 is 1.88 bits per heavy atom. The van der Waals surface area contributed by atoms with Crippen LogP contribution in [0.2, 0.25) is 0 Å². The highest BCUT2D eigenvalue weighted by Gasteiger charge is 2.57. The second-order valence-electron chi connectivity index (χ2n) is 14.4. The van der Waals surface area contributed by atoms with Gasteiger partial charge in [0.25, 0.3) is 0 Å². The molecule has 0 radical (unpaired) electrons. The van der Waals surface area contributed by atoms with E-state index in [-0.39, 0.29) is 17.3 Å². The minimum Gasteiger partial charge on any atom is -0.494 e. The van der Waals surface area contributed by atoms with Crippen molar-refractivity contribution in [1.82, 2.24) is 5.32 Å². The molecule has 0 amide bonds. The quantitative estimate of drug-likeness (QED) is 0.314. The number of aliphatic hydroxyl groups excluding tert-OH is 1. The van der Waals surface area contributed by atoms with Crippen LogP contribution in [0.15, 0.2) is 35.4 Å². The van der Waals surface area contributed by atoms with Crippen molar-refractivity contribution in [3.05, 3.63) is 41.0 Å². The van der Waals surface area contributed by atoms with Crippen LogP contribution in [0.4, 0.5) is 0 Å². The molecule has 4 unspecified atom stereocenters. The van der Waals surface area contributed by atoms with Gasteiger partial charge in [0.2, 0.25) is 0 Å². The fourth-order valence-corrected chi connectivity index (χ4v) is 10.3. The van der Waals surface area contributed by atoms with Crippen molar-refractivity contribution in [3.8, 4) is 5.75 Å². The number of benzene rings is 1. The van der Waals surface area contributed by atoms with E-state index in [2.05, 4.69) is 36.5 Å². The molecule has 2 N–H and O–H groups in total. The average molecular weight is 564 g/mol. The van der Waals surface area contributed by atoms with Gasteiger partial charge in [-0.3, -0.25) is 0 Å². The molecule has 0 bridgehead atoms. The summed E-state index contributed by atoms with van der Waals surface area (Å²) in [6, 6.07) is 10.0. The molecular weight excluding hydrogens is 510 g/mol. The van der Waals surface area contributed by atoms with Crippen molar-refractivity contribution < 1.29 is 19.3 Å². The summed E-state index contributed by atoms with van der Waals surface area (Å²) in [6.07, 6.45) is 18.6. The molecule has 5 heteroatoms. The number of nitrogens with one attached hydrogen (secondary N) is 1. The van der Waals surface area contributed by atoms with Crippen LogP contribution < -0.4 is 10.1 Å². The molecule has 5 aliphatic carbocycles. The molecule has 1 aromatic rings. The number of allylic oxidation sites excluding steroid dienone is 1. The lowest BCUT2D eigenvalue weighted by Gasteiger charge is -2.53. The first kappa shape index (κ1) is 28.4. The number of aliphatic hydroxyl groups is 1. The lowest BCUT2D eigenvalue weighted by Crippen LogP contribution is -2.48. The Kier molecular flexibility index (Phi) is 8.26. The summed E-state index contributed by atoms with van der Waals surface area (Å²) in [5.41, 5.74) is 4.80. The van der Waals surface area contributed by atoms with Crippen LogP contribution in [0.25, 0.3) is 0 Å². The van der Waals surface area contributed by atoms with Crippen LogP contribution in [0.1, 0.15) is 109 Å². The van der Waals surface area contributed by atoms with Crippen LogP contribution in [0.3, 0.4) is 0 Å². The zero-order valence-corrected chi connectivity index (χ0v) is 25.4. The fraction of sp³-hybridized carbons (Fsp3) is 0.778. The molecule has 1 saturated heterocycles. The highest BCUT2D eigenvalue weighted by Crippen LogP contribution is 2.63. The van der Waals surface area contributed by atoms with Gasteiger partial charge < -0.3 is 24.6 Å². The molecule has 41 heavy (non-hydrogen) atoms. The molecule has 1 spiro atoms. The fourth-order valence-electron chi connectivity index (χ4n) is 10.3. The largest absolute Gasteiger partial charge is 0.494 e. The third-order valence-electron chi connectivity index (χ3n) is 12.4. The summed E-state index contributed by atoms with van der Waals surface area (Å²) < 4.78 is 18.7. The van der Waals surface area contributed by atoms with Crippen molar-refractivity contribution in [3.63, 3.8) is 0 Å². The zero-order valence-electron chi connectivity index (χ0n) is 25.4. The average Bonchev–Trinajstić information content (AvgIpc) is 3.74. The Morgan fingerprint density at radius 1 is 1.02 bits per heavy atom. The van der Waals surface area contributed by atoms with E-state index in [9.17, 15) is 5.11 Å². The number of hydrogen-bond acceptors (Lipinski definition) is 5. The second kappa shape index (κ2) is 11.9. The van der Waals surface area contributed by atoms with E-state index in [1.807, 2.05) is 0 Å². The molecule has 6 atom stereocenters. The minimum atomic E-state index is -0.313. The van der Waals surface area contributed by atoms with Crippen molar-refractivity contribution in [2.75, 3.05) is 19.8 Å². The molecule has 5 nitrogen and oxygen atoms in total. The first-order valence-corrected chi connectivity index (χ1v) is 17.2. The Labute approximate surface area is 247 Å². The van der Waals surface area contributed by atoms with Crippen molar-refractivity contribution in [1.29, 1.82) is 0 Å². The molecule has 1 aliphatic heterocycles. The van der Waals surface area contributed by atoms with E-state index in [0.29, 0.717) is 30.5 Å². The predicted octanol–water partition coefficient (Wildman–Crippen LogP) is 7.11. The van der Waals surface area contributed by atoms with Crippen LogP contribution in [0, 0.1) is 23.2 Å². The van der Waals surface area contributed by atoms with Gasteiger partial charge in [0.15, 0.2) is 5.79 Å². The maximum absolute atomic E-state index is 11.4. The van der Waals surface area contributed by atoms with Gasteiger partial charge in [-0.2, -0.15) is 0 Å². The van der Waals surface area contributed by atoms with Gasteiger partial charge in [0, 0.05) is 30.3 Å². The summed E-state index contributed by atoms with van der Waals surface area (Å²) in [6.45, 7) is 4.51. The summed E-state index contributed by atoms with van der Waals surface area (Å²) in [4.78, 5) is 0. The van der Waals surface area contributed by atoms with Gasteiger partial charge in [-0.05, 0) is 112 Å². The minimum absolute atomic E-state index is 0.0307. The first-order chi connectivity index (χ1) is 20.1. The number of rotatable bonds is 9. The summed E-state index contributed by atoms with van der Waals surface area (Å²) in [5, 5.41) is 15.3. The highest BCUT2D eigenvalue weighted by atomic mass is 16.7. The summed E-state index contributed by atoms with van der Waals surface area (Å²) in [5.74, 6) is 2.74. The standard InChI is InChI=1S/C36H53NO4/c1-2-27(37-28-7-3-4-8-28)22-25-6-5-9-29(23-25)39-19-18-35-16-14-31-30-15-17-36(40-20-21-41-36)24-26(30)10-11-32(31)33(35)12-13-34(35)38/h5-6,9,23,27-28,31-34,37-38H,2-4,7-8,10-22,24H2,1H3/t27?,31?,32?,33?,34-,35+/m0/s1. The Balaban J connectivity index is 0.981. The van der Waals surface area contributed by atoms with E-state index < -0.39 is 0 Å². The van der Waals surface area contributed by atoms with E-state index in [1.54, 1.807) is 11.1 Å². The van der Waals surface area contributed by atoms with Crippen LogP contribution >= 0.6 is 0 Å². The molecule has 7 rings (SSSR count). The van der Waals surface area contributed by atoms with Gasteiger partial charge in [0.1, 0.15) is 5.75 Å². The summed E-state index contributed by atoms with van der Waals surface area (Å²) >= 11 is 0. The number of hydrogen-bond donors (Lipinski definition) is 2. The van der Waals surface area contributed by atoms with Crippen LogP contribution in [0.5, 0.6) is 5.75 Å². The number of ether oxygens (including phenoxy) is 3. The van der Waals surface area contributed by atoms with Crippen molar-refractivity contribution in [2.24, 2.45) is 23.2 Å². The smallest absolute Gasteiger partial charge is 0.172 e. The van der Waals surface area contributed by atoms with Gasteiger partial charge >= 0.3 is 0 Å². The van der Waals surface area contributed by atoms with E-state index in [0.717, 1.165) is 76.2 Å². The van der Waals surface area contributed by atoms with Gasteiger partial charge in [-0.15, -0.1) is 0 Å². The van der Waals surface area contributed by atoms with Crippen molar-refractivity contribution in [2.45, 2.75) is 134 Å². The predicted molar refractivity (Wildman–Crippen MR) is 162 cm³/mol. The van der Waals surface area contributed by atoms with E-state index in [4.69, 9.17) is 14.2 Å². The van der Waals surface area contributed by atoms with Crippen molar-refractivity contribution >= 4 is 0 Å². The Hall–Kier alpha value is -1.40. The van der Waals surface area contributed by atoms with Gasteiger partial charge in [-0.25, -0.2) is 0 Å². The SMILES string of the molecule is CCC(Cc1cccc(OCC[C@]23CCC4C5=C(CCC4C2CC[C@@H]3O)CC2(CC5)OCCO2)c1)NC1CCCC1. The first-order valence-electron chi connectivity index (χ1n) is 17.2. The highest BCUT2D eigenvalue weighted by molar-refractivity contribution is 5.30. The Morgan fingerprint density at radius 3 is 2.71 bits per heavy atom. The zero-order chi connectivity index (χ0) is 27.9. The maximum Gasteiger partial charge on any atom is 0.172 e. The Bertz CT molecular complexity index is 1090. The topological polar surface area (TPSA) is 60.0 Å². The molecule has 6 aliphatic rings. The molecule has 4 fully saturated rings. The molecule has 1 heterocycles. The lowest BCUT2D eigenvalue weighted by atomic mass is 9.52. The van der Waals surface area contributed by atoms with Crippen LogP contribution in [-0.4, -0.2) is 48.9 Å². The second-order valence-corrected chi connectivity index (χ2v) is 14.4. The molecule has 0 aromatic heterocycles. The third-order valence-corrected chi connectivity index (χ3v) is 12.4.